The van der Waals surface area contributed by atoms with E-state index in [2.05, 4.69) is 25.2 Å². The van der Waals surface area contributed by atoms with Crippen molar-refractivity contribution in [2.75, 3.05) is 32.8 Å². The lowest BCUT2D eigenvalue weighted by molar-refractivity contribution is 0.0943. The standard InChI is InChI=1S/C21H24FN5O2/c1-3-27(11-12-29-18-5-4-8-24-20(18)22)10-9-25-21(28)17-7-6-16-14-23-13-15(2)19(16)26-17/h4-8,13-14H,3,9-12H2,1-2H3,(H,25,28). The van der Waals surface area contributed by atoms with Crippen molar-refractivity contribution in [1.82, 2.24) is 25.2 Å². The molecule has 0 spiro atoms. The topological polar surface area (TPSA) is 80.2 Å². The van der Waals surface area contributed by atoms with Crippen LogP contribution in [0.1, 0.15) is 23.0 Å². The molecule has 29 heavy (non-hydrogen) atoms. The lowest BCUT2D eigenvalue weighted by atomic mass is 10.2. The number of carbonyl (C=O) groups excluding carboxylic acids is 1. The summed E-state index contributed by atoms with van der Waals surface area (Å²) in [7, 11) is 0. The van der Waals surface area contributed by atoms with Gasteiger partial charge in [0.05, 0.1) is 5.52 Å². The maximum atomic E-state index is 13.5. The summed E-state index contributed by atoms with van der Waals surface area (Å²) < 4.78 is 18.9. The summed E-state index contributed by atoms with van der Waals surface area (Å²) >= 11 is 0. The molecule has 1 N–H and O–H groups in total. The smallest absolute Gasteiger partial charge is 0.269 e. The van der Waals surface area contributed by atoms with E-state index < -0.39 is 5.95 Å². The van der Waals surface area contributed by atoms with E-state index in [0.29, 0.717) is 31.9 Å². The van der Waals surface area contributed by atoms with Gasteiger partial charge in [-0.2, -0.15) is 4.39 Å². The van der Waals surface area contributed by atoms with Gasteiger partial charge in [0.15, 0.2) is 5.75 Å². The number of hydrogen-bond donors (Lipinski definition) is 1. The molecule has 0 aliphatic rings. The number of nitrogens with one attached hydrogen (secondary N) is 1. The third-order valence-corrected chi connectivity index (χ3v) is 4.57. The number of likely N-dealkylation sites (N-methyl/N-ethyl adjacent to an activating group) is 1. The quantitative estimate of drug-likeness (QED) is 0.559. The third-order valence-electron chi connectivity index (χ3n) is 4.57. The van der Waals surface area contributed by atoms with Gasteiger partial charge in [0.1, 0.15) is 12.3 Å². The number of pyridine rings is 3. The van der Waals surface area contributed by atoms with Crippen LogP contribution in [0.4, 0.5) is 4.39 Å². The second-order valence-corrected chi connectivity index (χ2v) is 6.56. The van der Waals surface area contributed by atoms with Crippen molar-refractivity contribution in [3.8, 4) is 5.75 Å². The number of carbonyl (C=O) groups is 1. The average Bonchev–Trinajstić information content (AvgIpc) is 2.74. The molecule has 3 heterocycles. The lowest BCUT2D eigenvalue weighted by Gasteiger charge is -2.20. The Hall–Kier alpha value is -3.13. The zero-order valence-electron chi connectivity index (χ0n) is 16.6. The van der Waals surface area contributed by atoms with E-state index in [1.54, 1.807) is 30.6 Å². The summed E-state index contributed by atoms with van der Waals surface area (Å²) in [5, 5.41) is 3.80. The highest BCUT2D eigenvalue weighted by Crippen LogP contribution is 2.15. The number of amides is 1. The van der Waals surface area contributed by atoms with Gasteiger partial charge >= 0.3 is 0 Å². The third kappa shape index (κ3) is 5.45. The summed E-state index contributed by atoms with van der Waals surface area (Å²) in [4.78, 5) is 26.7. The molecule has 0 radical (unpaired) electrons. The zero-order valence-corrected chi connectivity index (χ0v) is 16.6. The first-order valence-electron chi connectivity index (χ1n) is 9.53. The van der Waals surface area contributed by atoms with E-state index in [1.807, 2.05) is 19.9 Å². The normalized spacial score (nSPS) is 11.0. The molecule has 8 heteroatoms. The van der Waals surface area contributed by atoms with E-state index in [1.165, 1.54) is 6.20 Å². The van der Waals surface area contributed by atoms with E-state index in [-0.39, 0.29) is 11.7 Å². The molecule has 1 amide bonds. The SMILES string of the molecule is CCN(CCNC(=O)c1ccc2cncc(C)c2n1)CCOc1cccnc1F. The Balaban J connectivity index is 1.47. The fraction of sp³-hybridized carbons (Fsp3) is 0.333. The van der Waals surface area contributed by atoms with Crippen LogP contribution in [-0.4, -0.2) is 58.5 Å². The van der Waals surface area contributed by atoms with Crippen LogP contribution in [0.25, 0.3) is 10.9 Å². The fourth-order valence-electron chi connectivity index (χ4n) is 2.92. The van der Waals surface area contributed by atoms with Gasteiger partial charge in [-0.3, -0.25) is 14.7 Å². The molecule has 0 fully saturated rings. The maximum absolute atomic E-state index is 13.5. The minimum absolute atomic E-state index is 0.143. The number of aryl methyl sites for hydroxylation is 1. The average molecular weight is 397 g/mol. The second kappa shape index (κ2) is 9.88. The van der Waals surface area contributed by atoms with E-state index >= 15 is 0 Å². The van der Waals surface area contributed by atoms with Crippen LogP contribution >= 0.6 is 0 Å². The summed E-state index contributed by atoms with van der Waals surface area (Å²) in [6.45, 7) is 6.80. The van der Waals surface area contributed by atoms with Gasteiger partial charge < -0.3 is 10.1 Å². The van der Waals surface area contributed by atoms with Gasteiger partial charge in [-0.25, -0.2) is 9.97 Å². The van der Waals surface area contributed by atoms with Crippen molar-refractivity contribution < 1.29 is 13.9 Å². The number of rotatable bonds is 9. The molecule has 0 saturated heterocycles. The predicted molar refractivity (Wildman–Crippen MR) is 108 cm³/mol. The largest absolute Gasteiger partial charge is 0.487 e. The number of aromatic nitrogens is 3. The molecule has 3 aromatic heterocycles. The van der Waals surface area contributed by atoms with Crippen LogP contribution in [0.2, 0.25) is 0 Å². The van der Waals surface area contributed by atoms with Crippen molar-refractivity contribution in [3.63, 3.8) is 0 Å². The van der Waals surface area contributed by atoms with Crippen molar-refractivity contribution in [2.45, 2.75) is 13.8 Å². The molecule has 0 bridgehead atoms. The van der Waals surface area contributed by atoms with Crippen molar-refractivity contribution in [1.29, 1.82) is 0 Å². The molecule has 0 atom stereocenters. The Morgan fingerprint density at radius 3 is 2.90 bits per heavy atom. The van der Waals surface area contributed by atoms with Crippen LogP contribution in [-0.2, 0) is 0 Å². The molecule has 152 valence electrons. The van der Waals surface area contributed by atoms with Crippen molar-refractivity contribution in [3.05, 3.63) is 60.1 Å². The summed E-state index contributed by atoms with van der Waals surface area (Å²) in [5.41, 5.74) is 2.09. The highest BCUT2D eigenvalue weighted by Gasteiger charge is 2.10. The molecule has 0 aromatic carbocycles. The number of halogens is 1. The van der Waals surface area contributed by atoms with E-state index in [0.717, 1.165) is 23.0 Å². The lowest BCUT2D eigenvalue weighted by Crippen LogP contribution is -2.37. The highest BCUT2D eigenvalue weighted by atomic mass is 19.1. The Morgan fingerprint density at radius 2 is 2.10 bits per heavy atom. The predicted octanol–water partition coefficient (Wildman–Crippen LogP) is 2.60. The second-order valence-electron chi connectivity index (χ2n) is 6.56. The van der Waals surface area contributed by atoms with Gasteiger partial charge in [-0.1, -0.05) is 6.92 Å². The van der Waals surface area contributed by atoms with Crippen LogP contribution in [0.15, 0.2) is 42.9 Å². The highest BCUT2D eigenvalue weighted by molar-refractivity contribution is 5.95. The molecule has 0 aliphatic carbocycles. The Bertz CT molecular complexity index is 982. The number of ether oxygens (including phenoxy) is 1. The van der Waals surface area contributed by atoms with Gasteiger partial charge in [0.2, 0.25) is 0 Å². The van der Waals surface area contributed by atoms with Gasteiger partial charge in [0.25, 0.3) is 11.9 Å². The summed E-state index contributed by atoms with van der Waals surface area (Å²) in [6.07, 6.45) is 4.84. The number of nitrogens with zero attached hydrogens (tertiary/aromatic N) is 4. The minimum atomic E-state index is -0.614. The van der Waals surface area contributed by atoms with Crippen molar-refractivity contribution in [2.24, 2.45) is 0 Å². The molecule has 3 rings (SSSR count). The fourth-order valence-corrected chi connectivity index (χ4v) is 2.92. The first-order chi connectivity index (χ1) is 14.1. The van der Waals surface area contributed by atoms with Crippen LogP contribution in [0.5, 0.6) is 5.75 Å². The summed E-state index contributed by atoms with van der Waals surface area (Å²) in [6, 6.07) is 6.73. The molecule has 7 nitrogen and oxygen atoms in total. The summed E-state index contributed by atoms with van der Waals surface area (Å²) in [5.74, 6) is -0.686. The monoisotopic (exact) mass is 397 g/mol. The number of fused-ring (bicyclic) bond motifs is 1. The van der Waals surface area contributed by atoms with Gasteiger partial charge in [-0.05, 0) is 43.3 Å². The van der Waals surface area contributed by atoms with Crippen molar-refractivity contribution >= 4 is 16.8 Å². The Labute approximate surface area is 168 Å². The Kier molecular flexibility index (Phi) is 7.02. The van der Waals surface area contributed by atoms with Gasteiger partial charge in [0, 0.05) is 43.6 Å². The molecular formula is C21H24FN5O2. The van der Waals surface area contributed by atoms with Crippen LogP contribution < -0.4 is 10.1 Å². The van der Waals surface area contributed by atoms with Crippen LogP contribution in [0.3, 0.4) is 0 Å². The van der Waals surface area contributed by atoms with Gasteiger partial charge in [-0.15, -0.1) is 0 Å². The van der Waals surface area contributed by atoms with E-state index in [4.69, 9.17) is 4.74 Å². The minimum Gasteiger partial charge on any atom is -0.487 e. The van der Waals surface area contributed by atoms with Crippen LogP contribution in [0, 0.1) is 12.9 Å². The molecule has 0 saturated carbocycles. The van der Waals surface area contributed by atoms with E-state index in [9.17, 15) is 9.18 Å². The first kappa shape index (κ1) is 20.6. The molecule has 0 unspecified atom stereocenters. The molecule has 3 aromatic rings. The zero-order chi connectivity index (χ0) is 20.6. The maximum Gasteiger partial charge on any atom is 0.269 e. The first-order valence-corrected chi connectivity index (χ1v) is 9.53. The molecule has 0 aliphatic heterocycles. The molecular weight excluding hydrogens is 373 g/mol. The Morgan fingerprint density at radius 1 is 1.24 bits per heavy atom. The number of hydrogen-bond acceptors (Lipinski definition) is 6.